The molecule has 0 radical (unpaired) electrons. The lowest BCUT2D eigenvalue weighted by Gasteiger charge is -2.30. The Balaban J connectivity index is 1.54. The first-order valence-corrected chi connectivity index (χ1v) is 10.4. The second kappa shape index (κ2) is 8.30. The molecule has 8 heteroatoms. The molecule has 2 aliphatic heterocycles. The van der Waals surface area contributed by atoms with Crippen molar-refractivity contribution in [2.45, 2.75) is 32.2 Å². The number of nitrogens with zero attached hydrogens (tertiary/aromatic N) is 4. The van der Waals surface area contributed by atoms with Crippen LogP contribution in [0.4, 0.5) is 5.69 Å². The Morgan fingerprint density at radius 3 is 2.93 bits per heavy atom. The van der Waals surface area contributed by atoms with Crippen LogP contribution in [0.5, 0.6) is 0 Å². The Hall–Kier alpha value is -3.16. The number of hydrogen-bond acceptors (Lipinski definition) is 4. The standard InChI is InChI=1S/C22H27N5O3/c1-23-20(28)14-27(13-15-7-9-26-10-8-24-19(26)11-15)22(30)17-3-5-18-16(12-17)4-6-21(29)25(18)2/h3,5,8,10,12,15H,4,6-7,9,11,13-14H2,1-2H3,(H,23,28). The zero-order valence-corrected chi connectivity index (χ0v) is 17.4. The number of rotatable bonds is 5. The third-order valence-corrected chi connectivity index (χ3v) is 6.10. The quantitative estimate of drug-likeness (QED) is 0.805. The average Bonchev–Trinajstić information content (AvgIpc) is 3.23. The molecule has 8 nitrogen and oxygen atoms in total. The van der Waals surface area contributed by atoms with Gasteiger partial charge in [0.1, 0.15) is 5.82 Å². The molecule has 158 valence electrons. The Morgan fingerprint density at radius 2 is 2.13 bits per heavy atom. The Labute approximate surface area is 175 Å². The number of anilines is 1. The van der Waals surface area contributed by atoms with Crippen molar-refractivity contribution in [3.05, 3.63) is 47.5 Å². The summed E-state index contributed by atoms with van der Waals surface area (Å²) in [6, 6.07) is 5.45. The molecule has 2 aromatic rings. The molecule has 2 aliphatic rings. The van der Waals surface area contributed by atoms with E-state index in [9.17, 15) is 14.4 Å². The first-order valence-electron chi connectivity index (χ1n) is 10.4. The van der Waals surface area contributed by atoms with Gasteiger partial charge in [0.15, 0.2) is 0 Å². The van der Waals surface area contributed by atoms with Crippen LogP contribution in [0, 0.1) is 5.92 Å². The van der Waals surface area contributed by atoms with Crippen molar-refractivity contribution in [2.24, 2.45) is 5.92 Å². The lowest BCUT2D eigenvalue weighted by molar-refractivity contribution is -0.121. The minimum atomic E-state index is -0.191. The highest BCUT2D eigenvalue weighted by molar-refractivity contribution is 5.99. The van der Waals surface area contributed by atoms with E-state index in [1.165, 1.54) is 0 Å². The van der Waals surface area contributed by atoms with E-state index < -0.39 is 0 Å². The summed E-state index contributed by atoms with van der Waals surface area (Å²) in [4.78, 5) is 45.1. The van der Waals surface area contributed by atoms with Gasteiger partial charge in [0.2, 0.25) is 11.8 Å². The van der Waals surface area contributed by atoms with Crippen LogP contribution in [-0.4, -0.2) is 59.4 Å². The molecular formula is C22H27N5O3. The molecule has 1 aromatic carbocycles. The van der Waals surface area contributed by atoms with Crippen LogP contribution in [0.1, 0.15) is 34.6 Å². The zero-order valence-electron chi connectivity index (χ0n) is 17.4. The number of aryl methyl sites for hydroxylation is 2. The maximum atomic E-state index is 13.3. The van der Waals surface area contributed by atoms with Crippen LogP contribution in [-0.2, 0) is 29.0 Å². The molecule has 3 amide bonds. The summed E-state index contributed by atoms with van der Waals surface area (Å²) < 4.78 is 2.14. The number of hydrogen-bond donors (Lipinski definition) is 1. The highest BCUT2D eigenvalue weighted by atomic mass is 16.2. The maximum Gasteiger partial charge on any atom is 0.254 e. The second-order valence-corrected chi connectivity index (χ2v) is 8.05. The molecular weight excluding hydrogens is 382 g/mol. The molecule has 3 heterocycles. The van der Waals surface area contributed by atoms with Gasteiger partial charge in [-0.05, 0) is 42.5 Å². The molecule has 1 atom stereocenters. The van der Waals surface area contributed by atoms with Crippen LogP contribution in [0.25, 0.3) is 0 Å². The van der Waals surface area contributed by atoms with Gasteiger partial charge in [0.05, 0.1) is 6.54 Å². The van der Waals surface area contributed by atoms with Crippen molar-refractivity contribution in [3.63, 3.8) is 0 Å². The van der Waals surface area contributed by atoms with Crippen LogP contribution < -0.4 is 10.2 Å². The van der Waals surface area contributed by atoms with E-state index in [1.54, 1.807) is 36.2 Å². The summed E-state index contributed by atoms with van der Waals surface area (Å²) >= 11 is 0. The van der Waals surface area contributed by atoms with Crippen LogP contribution in [0.3, 0.4) is 0 Å². The van der Waals surface area contributed by atoms with Crippen molar-refractivity contribution < 1.29 is 14.4 Å². The summed E-state index contributed by atoms with van der Waals surface area (Å²) in [5.74, 6) is 1.02. The number of fused-ring (bicyclic) bond motifs is 2. The molecule has 4 rings (SSSR count). The average molecular weight is 409 g/mol. The van der Waals surface area contributed by atoms with Crippen molar-refractivity contribution in [1.82, 2.24) is 19.8 Å². The van der Waals surface area contributed by atoms with Crippen molar-refractivity contribution in [3.8, 4) is 0 Å². The van der Waals surface area contributed by atoms with Gasteiger partial charge in [-0.15, -0.1) is 0 Å². The Morgan fingerprint density at radius 1 is 1.30 bits per heavy atom. The molecule has 30 heavy (non-hydrogen) atoms. The third kappa shape index (κ3) is 3.94. The van der Waals surface area contributed by atoms with Gasteiger partial charge in [0, 0.05) is 63.7 Å². The Bertz CT molecular complexity index is 983. The molecule has 0 bridgehead atoms. The molecule has 0 aliphatic carbocycles. The number of imidazole rings is 1. The summed E-state index contributed by atoms with van der Waals surface area (Å²) in [6.45, 7) is 1.41. The van der Waals surface area contributed by atoms with Crippen molar-refractivity contribution >= 4 is 23.4 Å². The van der Waals surface area contributed by atoms with Gasteiger partial charge < -0.3 is 19.7 Å². The van der Waals surface area contributed by atoms with E-state index in [-0.39, 0.29) is 30.2 Å². The van der Waals surface area contributed by atoms with Crippen LogP contribution in [0.15, 0.2) is 30.6 Å². The molecule has 0 spiro atoms. The highest BCUT2D eigenvalue weighted by Crippen LogP contribution is 2.28. The van der Waals surface area contributed by atoms with E-state index in [0.29, 0.717) is 24.9 Å². The van der Waals surface area contributed by atoms with E-state index in [2.05, 4.69) is 14.9 Å². The van der Waals surface area contributed by atoms with Crippen molar-refractivity contribution in [1.29, 1.82) is 0 Å². The maximum absolute atomic E-state index is 13.3. The second-order valence-electron chi connectivity index (χ2n) is 8.05. The number of aromatic nitrogens is 2. The van der Waals surface area contributed by atoms with E-state index in [0.717, 1.165) is 36.5 Å². The van der Waals surface area contributed by atoms with E-state index in [1.807, 2.05) is 18.3 Å². The van der Waals surface area contributed by atoms with Crippen LogP contribution in [0.2, 0.25) is 0 Å². The minimum Gasteiger partial charge on any atom is -0.358 e. The van der Waals surface area contributed by atoms with Gasteiger partial charge >= 0.3 is 0 Å². The van der Waals surface area contributed by atoms with E-state index in [4.69, 9.17) is 0 Å². The number of likely N-dealkylation sites (N-methyl/N-ethyl adjacent to an activating group) is 1. The lowest BCUT2D eigenvalue weighted by Crippen LogP contribution is -2.43. The van der Waals surface area contributed by atoms with Gasteiger partial charge in [-0.1, -0.05) is 0 Å². The largest absolute Gasteiger partial charge is 0.358 e. The van der Waals surface area contributed by atoms with Gasteiger partial charge in [-0.2, -0.15) is 0 Å². The number of carbonyl (C=O) groups is 3. The minimum absolute atomic E-state index is 0.0236. The number of benzene rings is 1. The topological polar surface area (TPSA) is 87.5 Å². The smallest absolute Gasteiger partial charge is 0.254 e. The summed E-state index contributed by atoms with van der Waals surface area (Å²) in [7, 11) is 3.33. The first-order chi connectivity index (χ1) is 14.5. The predicted molar refractivity (Wildman–Crippen MR) is 112 cm³/mol. The molecule has 0 saturated heterocycles. The molecule has 1 unspecified atom stereocenters. The Kier molecular flexibility index (Phi) is 5.57. The zero-order chi connectivity index (χ0) is 21.3. The lowest BCUT2D eigenvalue weighted by atomic mass is 9.96. The monoisotopic (exact) mass is 409 g/mol. The normalized spacial score (nSPS) is 17.9. The highest BCUT2D eigenvalue weighted by Gasteiger charge is 2.27. The molecule has 0 saturated carbocycles. The number of nitrogens with one attached hydrogen (secondary N) is 1. The fraction of sp³-hybridized carbons (Fsp3) is 0.455. The molecule has 1 aromatic heterocycles. The van der Waals surface area contributed by atoms with Crippen LogP contribution >= 0.6 is 0 Å². The number of amides is 3. The van der Waals surface area contributed by atoms with Gasteiger partial charge in [-0.3, -0.25) is 14.4 Å². The fourth-order valence-electron chi connectivity index (χ4n) is 4.33. The molecule has 1 N–H and O–H groups in total. The van der Waals surface area contributed by atoms with Gasteiger partial charge in [0.25, 0.3) is 5.91 Å². The third-order valence-electron chi connectivity index (χ3n) is 6.10. The molecule has 0 fully saturated rings. The summed E-state index contributed by atoms with van der Waals surface area (Å²) in [6.07, 6.45) is 6.59. The summed E-state index contributed by atoms with van der Waals surface area (Å²) in [5, 5.41) is 2.62. The SMILES string of the molecule is CNC(=O)CN(CC1CCn2ccnc2C1)C(=O)c1ccc2c(c1)CCC(=O)N2C. The summed E-state index contributed by atoms with van der Waals surface area (Å²) in [5.41, 5.74) is 2.39. The van der Waals surface area contributed by atoms with Gasteiger partial charge in [-0.25, -0.2) is 4.98 Å². The fourth-order valence-corrected chi connectivity index (χ4v) is 4.33. The van der Waals surface area contributed by atoms with E-state index >= 15 is 0 Å². The number of carbonyl (C=O) groups excluding carboxylic acids is 3. The first kappa shape index (κ1) is 20.1. The predicted octanol–water partition coefficient (Wildman–Crippen LogP) is 1.24. The van der Waals surface area contributed by atoms with Crippen molar-refractivity contribution in [2.75, 3.05) is 32.1 Å².